The van der Waals surface area contributed by atoms with Gasteiger partial charge in [-0.2, -0.15) is 10.5 Å². The van der Waals surface area contributed by atoms with Gasteiger partial charge in [0.25, 0.3) is 0 Å². The molecule has 0 bridgehead atoms. The standard InChI is InChI=1S/C13H6N6/c14-5-11-12(6-15)19(8-17-11)13-7-16-9-3-1-2-4-10(9)18-13/h1-4,7-8H. The van der Waals surface area contributed by atoms with Gasteiger partial charge in [0.15, 0.2) is 17.2 Å². The predicted octanol–water partition coefficient (Wildman–Crippen LogP) is 1.56. The lowest BCUT2D eigenvalue weighted by Gasteiger charge is -2.03. The zero-order valence-electron chi connectivity index (χ0n) is 9.65. The highest BCUT2D eigenvalue weighted by molar-refractivity contribution is 5.74. The highest BCUT2D eigenvalue weighted by atomic mass is 15.1. The van der Waals surface area contributed by atoms with Crippen LogP contribution in [0.25, 0.3) is 16.9 Å². The molecule has 0 saturated heterocycles. The van der Waals surface area contributed by atoms with Gasteiger partial charge in [0.2, 0.25) is 0 Å². The van der Waals surface area contributed by atoms with Crippen LogP contribution >= 0.6 is 0 Å². The third-order valence-electron chi connectivity index (χ3n) is 2.66. The first-order chi connectivity index (χ1) is 9.33. The van der Waals surface area contributed by atoms with Gasteiger partial charge in [0.05, 0.1) is 17.2 Å². The number of imidazole rings is 1. The van der Waals surface area contributed by atoms with Crippen LogP contribution < -0.4 is 0 Å². The minimum Gasteiger partial charge on any atom is -0.272 e. The van der Waals surface area contributed by atoms with Gasteiger partial charge in [-0.1, -0.05) is 12.1 Å². The van der Waals surface area contributed by atoms with Crippen LogP contribution in [0.5, 0.6) is 0 Å². The Balaban J connectivity index is 2.23. The van der Waals surface area contributed by atoms with Gasteiger partial charge >= 0.3 is 0 Å². The molecule has 0 fully saturated rings. The molecule has 88 valence electrons. The number of para-hydroxylation sites is 2. The van der Waals surface area contributed by atoms with Gasteiger partial charge in [-0.3, -0.25) is 9.55 Å². The molecule has 0 N–H and O–H groups in total. The quantitative estimate of drug-likeness (QED) is 0.649. The van der Waals surface area contributed by atoms with E-state index in [0.717, 1.165) is 11.0 Å². The number of hydrogen-bond acceptors (Lipinski definition) is 5. The maximum Gasteiger partial charge on any atom is 0.177 e. The van der Waals surface area contributed by atoms with Gasteiger partial charge in [0, 0.05) is 0 Å². The van der Waals surface area contributed by atoms with Gasteiger partial charge < -0.3 is 0 Å². The lowest BCUT2D eigenvalue weighted by atomic mass is 10.3. The first-order valence-electron chi connectivity index (χ1n) is 5.43. The molecule has 0 atom stereocenters. The number of hydrogen-bond donors (Lipinski definition) is 0. The molecule has 3 rings (SSSR count). The number of nitrogens with zero attached hydrogens (tertiary/aromatic N) is 6. The minimum absolute atomic E-state index is 0.0810. The van der Waals surface area contributed by atoms with Crippen molar-refractivity contribution in [1.29, 1.82) is 10.5 Å². The second-order valence-electron chi connectivity index (χ2n) is 3.75. The second kappa shape index (κ2) is 4.21. The molecular weight excluding hydrogens is 240 g/mol. The van der Waals surface area contributed by atoms with Crippen LogP contribution in [0.3, 0.4) is 0 Å². The van der Waals surface area contributed by atoms with E-state index in [1.807, 2.05) is 36.4 Å². The summed E-state index contributed by atoms with van der Waals surface area (Å²) < 4.78 is 1.46. The molecule has 0 aliphatic carbocycles. The van der Waals surface area contributed by atoms with Crippen molar-refractivity contribution >= 4 is 11.0 Å². The average Bonchev–Trinajstić information content (AvgIpc) is 2.89. The molecule has 19 heavy (non-hydrogen) atoms. The molecule has 1 aromatic carbocycles. The van der Waals surface area contributed by atoms with Crippen molar-refractivity contribution in [3.05, 3.63) is 48.2 Å². The van der Waals surface area contributed by atoms with Crippen molar-refractivity contribution in [1.82, 2.24) is 19.5 Å². The molecule has 3 aromatic rings. The molecule has 6 nitrogen and oxygen atoms in total. The van der Waals surface area contributed by atoms with Gasteiger partial charge in [-0.25, -0.2) is 9.97 Å². The molecule has 0 spiro atoms. The van der Waals surface area contributed by atoms with Crippen molar-refractivity contribution in [2.24, 2.45) is 0 Å². The van der Waals surface area contributed by atoms with Gasteiger partial charge in [-0.05, 0) is 12.1 Å². The maximum absolute atomic E-state index is 9.08. The first-order valence-corrected chi connectivity index (χ1v) is 5.43. The van der Waals surface area contributed by atoms with Crippen LogP contribution in [0, 0.1) is 22.7 Å². The maximum atomic E-state index is 9.08. The second-order valence-corrected chi connectivity index (χ2v) is 3.75. The largest absolute Gasteiger partial charge is 0.272 e. The number of nitriles is 2. The Morgan fingerprint density at radius 3 is 2.53 bits per heavy atom. The fourth-order valence-electron chi connectivity index (χ4n) is 1.77. The molecule has 6 heteroatoms. The molecule has 0 aliphatic rings. The number of benzene rings is 1. The van der Waals surface area contributed by atoms with E-state index in [4.69, 9.17) is 10.5 Å². The predicted molar refractivity (Wildman–Crippen MR) is 66.1 cm³/mol. The van der Waals surface area contributed by atoms with Crippen LogP contribution in [-0.2, 0) is 0 Å². The van der Waals surface area contributed by atoms with E-state index in [1.54, 1.807) is 6.20 Å². The van der Waals surface area contributed by atoms with Crippen molar-refractivity contribution in [3.63, 3.8) is 0 Å². The Bertz CT molecular complexity index is 849. The first kappa shape index (κ1) is 10.9. The van der Waals surface area contributed by atoms with E-state index >= 15 is 0 Å². The summed E-state index contributed by atoms with van der Waals surface area (Å²) in [5.74, 6) is 0.462. The smallest absolute Gasteiger partial charge is 0.177 e. The molecule has 2 heterocycles. The fourth-order valence-corrected chi connectivity index (χ4v) is 1.77. The van der Waals surface area contributed by atoms with Crippen LogP contribution in [0.1, 0.15) is 11.4 Å². The van der Waals surface area contributed by atoms with E-state index < -0.39 is 0 Å². The summed E-state index contributed by atoms with van der Waals surface area (Å²) in [6.45, 7) is 0. The van der Waals surface area contributed by atoms with Gasteiger partial charge in [0.1, 0.15) is 18.5 Å². The molecule has 0 amide bonds. The fraction of sp³-hybridized carbons (Fsp3) is 0. The van der Waals surface area contributed by atoms with Gasteiger partial charge in [-0.15, -0.1) is 0 Å². The number of aromatic nitrogens is 4. The van der Waals surface area contributed by atoms with E-state index in [1.165, 1.54) is 10.9 Å². The Hall–Kier alpha value is -3.25. The lowest BCUT2D eigenvalue weighted by molar-refractivity contribution is 0.974. The molecule has 2 aromatic heterocycles. The minimum atomic E-state index is 0.0810. The van der Waals surface area contributed by atoms with Crippen molar-refractivity contribution in [3.8, 4) is 18.0 Å². The normalized spacial score (nSPS) is 10.0. The third-order valence-corrected chi connectivity index (χ3v) is 2.66. The number of fused-ring (bicyclic) bond motifs is 1. The summed E-state index contributed by atoms with van der Waals surface area (Å²) in [5, 5.41) is 18.0. The van der Waals surface area contributed by atoms with Crippen molar-refractivity contribution in [2.45, 2.75) is 0 Å². The third kappa shape index (κ3) is 1.68. The highest BCUT2D eigenvalue weighted by Gasteiger charge is 2.12. The molecule has 0 saturated carbocycles. The molecule has 0 radical (unpaired) electrons. The van der Waals surface area contributed by atoms with E-state index in [9.17, 15) is 0 Å². The van der Waals surface area contributed by atoms with E-state index in [2.05, 4.69) is 15.0 Å². The molecular formula is C13H6N6. The Labute approximate surface area is 108 Å². The average molecular weight is 246 g/mol. The summed E-state index contributed by atoms with van der Waals surface area (Å²) in [6, 6.07) is 11.2. The van der Waals surface area contributed by atoms with Crippen LogP contribution in [0.15, 0.2) is 36.8 Å². The van der Waals surface area contributed by atoms with Crippen molar-refractivity contribution in [2.75, 3.05) is 0 Å². The summed E-state index contributed by atoms with van der Waals surface area (Å²) in [4.78, 5) is 12.5. The topological polar surface area (TPSA) is 91.2 Å². The monoisotopic (exact) mass is 246 g/mol. The van der Waals surface area contributed by atoms with E-state index in [0.29, 0.717) is 5.82 Å². The SMILES string of the molecule is N#Cc1ncn(-c2cnc3ccccc3n2)c1C#N. The molecule has 0 unspecified atom stereocenters. The summed E-state index contributed by atoms with van der Waals surface area (Å²) in [7, 11) is 0. The van der Waals surface area contributed by atoms with Crippen molar-refractivity contribution < 1.29 is 0 Å². The van der Waals surface area contributed by atoms with Crippen LogP contribution in [0.4, 0.5) is 0 Å². The molecule has 0 aliphatic heterocycles. The Kier molecular flexibility index (Phi) is 2.41. The number of rotatable bonds is 1. The summed E-state index contributed by atoms with van der Waals surface area (Å²) >= 11 is 0. The summed E-state index contributed by atoms with van der Waals surface area (Å²) in [5.41, 5.74) is 1.73. The Morgan fingerprint density at radius 2 is 1.79 bits per heavy atom. The van der Waals surface area contributed by atoms with Crippen LogP contribution in [0.2, 0.25) is 0 Å². The van der Waals surface area contributed by atoms with E-state index in [-0.39, 0.29) is 11.4 Å². The lowest BCUT2D eigenvalue weighted by Crippen LogP contribution is -2.00. The van der Waals surface area contributed by atoms with Crippen LogP contribution in [-0.4, -0.2) is 19.5 Å². The Morgan fingerprint density at radius 1 is 1.00 bits per heavy atom. The zero-order valence-corrected chi connectivity index (χ0v) is 9.65. The highest BCUT2D eigenvalue weighted by Crippen LogP contribution is 2.14. The zero-order chi connectivity index (χ0) is 13.2. The summed E-state index contributed by atoms with van der Waals surface area (Å²) in [6.07, 6.45) is 2.95.